The van der Waals surface area contributed by atoms with Crippen molar-refractivity contribution in [3.63, 3.8) is 0 Å². The van der Waals surface area contributed by atoms with Crippen molar-refractivity contribution in [2.45, 2.75) is 214 Å². The number of rotatable bonds is 14. The molecule has 0 bridgehead atoms. The van der Waals surface area contributed by atoms with Gasteiger partial charge in [0.1, 0.15) is 0 Å². The van der Waals surface area contributed by atoms with E-state index in [0.29, 0.717) is 96.9 Å². The van der Waals surface area contributed by atoms with E-state index in [2.05, 4.69) is 52.2 Å². The zero-order chi connectivity index (χ0) is 43.5. The number of unbranched alkanes of at least 4 members (excludes halogenated alkanes) is 2. The van der Waals surface area contributed by atoms with Crippen molar-refractivity contribution in [2.75, 3.05) is 13.1 Å². The van der Waals surface area contributed by atoms with Crippen LogP contribution in [0.25, 0.3) is 0 Å². The number of aliphatic hydroxyl groups is 4. The molecule has 0 heterocycles. The Bertz CT molecular complexity index is 1430. The Morgan fingerprint density at radius 1 is 0.508 bits per heavy atom. The molecule has 2 amide bonds. The molecular weight excluding hydrogens is 761 g/mol. The Kier molecular flexibility index (Phi) is 13.8. The summed E-state index contributed by atoms with van der Waals surface area (Å²) in [6, 6.07) is 0. The van der Waals surface area contributed by atoms with Gasteiger partial charge in [-0.05, 0) is 228 Å². The minimum absolute atomic E-state index is 0.164. The predicted octanol–water partition coefficient (Wildman–Crippen LogP) is 9.20. The molecule has 8 aliphatic rings. The quantitative estimate of drug-likeness (QED) is 0.0965. The predicted molar refractivity (Wildman–Crippen MR) is 242 cm³/mol. The lowest BCUT2D eigenvalue weighted by molar-refractivity contribution is -0.174. The van der Waals surface area contributed by atoms with Crippen LogP contribution in [0, 0.1) is 92.7 Å². The number of carbonyl (C=O) groups is 2. The molecule has 8 rings (SSSR count). The molecule has 8 heteroatoms. The lowest BCUT2D eigenvalue weighted by Crippen LogP contribution is -2.58. The maximum Gasteiger partial charge on any atom is 0.220 e. The number of hydrogen-bond donors (Lipinski definition) is 6. The molecule has 0 aromatic rings. The van der Waals surface area contributed by atoms with Crippen LogP contribution < -0.4 is 10.6 Å². The fourth-order valence-corrected chi connectivity index (χ4v) is 18.5. The normalized spacial score (nSPS) is 48.6. The van der Waals surface area contributed by atoms with Gasteiger partial charge in [-0.3, -0.25) is 9.59 Å². The summed E-state index contributed by atoms with van der Waals surface area (Å²) in [4.78, 5) is 25.9. The lowest BCUT2D eigenvalue weighted by atomic mass is 9.43. The first-order valence-electron chi connectivity index (χ1n) is 26.2. The summed E-state index contributed by atoms with van der Waals surface area (Å²) in [5, 5.41) is 50.4. The minimum Gasteiger partial charge on any atom is -0.393 e. The van der Waals surface area contributed by atoms with Gasteiger partial charge in [0.25, 0.3) is 0 Å². The van der Waals surface area contributed by atoms with Crippen LogP contribution in [0.2, 0.25) is 0 Å². The zero-order valence-corrected chi connectivity index (χ0v) is 39.5. The minimum atomic E-state index is -0.242. The number of nitrogens with one attached hydrogen (secondary N) is 2. The molecule has 0 unspecified atom stereocenters. The maximum atomic E-state index is 13.0. The van der Waals surface area contributed by atoms with Gasteiger partial charge in [0, 0.05) is 25.9 Å². The van der Waals surface area contributed by atoms with E-state index < -0.39 is 0 Å². The van der Waals surface area contributed by atoms with E-state index in [1.54, 1.807) is 0 Å². The molecule has 0 aromatic carbocycles. The monoisotopic (exact) mass is 851 g/mol. The molecule has 8 fully saturated rings. The molecule has 348 valence electrons. The zero-order valence-electron chi connectivity index (χ0n) is 39.5. The van der Waals surface area contributed by atoms with Crippen LogP contribution >= 0.6 is 0 Å². The fraction of sp³-hybridized carbons (Fsp3) is 0.962. The molecule has 0 saturated heterocycles. The number of amides is 2. The first-order valence-corrected chi connectivity index (χ1v) is 26.2. The molecule has 0 radical (unpaired) electrons. The van der Waals surface area contributed by atoms with Crippen molar-refractivity contribution >= 4 is 11.8 Å². The second-order valence-electron chi connectivity index (χ2n) is 24.7. The molecule has 0 aliphatic heterocycles. The SMILES string of the molecule is C[C@H](CCC(=O)NCCCCCNC(=O)CC[C@@H](C)[C@H]1CC[C@H]2[C@@H]3[C@H](O)C[C@@H]4C[C@H](O)CC[C@]4(C)[C@H]3CC[C@]12C)[C@H]1CC[C@H]2[C@@H]3[C@H](O)C[C@H]4C[C@H](O)CC[C@]4(C)[C@H]3CC[C@]12C. The summed E-state index contributed by atoms with van der Waals surface area (Å²) >= 11 is 0. The highest BCUT2D eigenvalue weighted by Gasteiger charge is 2.64. The average molecular weight is 851 g/mol. The van der Waals surface area contributed by atoms with Gasteiger partial charge in [0.15, 0.2) is 0 Å². The number of carbonyl (C=O) groups excluding carboxylic acids is 2. The molecular formula is C53H90N2O6. The van der Waals surface area contributed by atoms with Crippen molar-refractivity contribution < 1.29 is 30.0 Å². The maximum absolute atomic E-state index is 13.0. The van der Waals surface area contributed by atoms with Crippen LogP contribution in [0.3, 0.4) is 0 Å². The van der Waals surface area contributed by atoms with Crippen molar-refractivity contribution in [3.05, 3.63) is 0 Å². The first kappa shape index (κ1) is 46.3. The summed E-state index contributed by atoms with van der Waals surface area (Å²) in [6.45, 7) is 16.2. The van der Waals surface area contributed by atoms with Crippen LogP contribution in [-0.2, 0) is 9.59 Å². The second kappa shape index (κ2) is 18.2. The molecule has 6 N–H and O–H groups in total. The van der Waals surface area contributed by atoms with Crippen molar-refractivity contribution in [1.82, 2.24) is 10.6 Å². The summed E-state index contributed by atoms with van der Waals surface area (Å²) in [6.07, 6.45) is 22.2. The third-order valence-electron chi connectivity index (χ3n) is 22.0. The summed E-state index contributed by atoms with van der Waals surface area (Å²) in [5.41, 5.74) is 0.994. The molecule has 20 atom stereocenters. The summed E-state index contributed by atoms with van der Waals surface area (Å²) in [5.74, 6) is 6.47. The lowest BCUT2D eigenvalue weighted by Gasteiger charge is -2.62. The van der Waals surface area contributed by atoms with Crippen molar-refractivity contribution in [1.29, 1.82) is 0 Å². The standard InChI is InChI=1S/C53H90N2O6/c1-32(38-12-14-40-48-42(20-24-52(38,40)5)50(3)22-18-36(56)28-34(50)30-44(48)58)10-16-46(60)54-26-8-7-9-27-55-47(61)17-11-33(2)39-13-15-41-49-43(21-25-53(39,41)6)51(4)23-19-37(57)29-35(51)31-45(49)59/h32-45,48-49,56-59H,7-31H2,1-6H3,(H,54,60)(H,55,61)/t32-,33-,34-,35+,36-,37-,38-,39-,40+,41+,42+,43+,44-,45-,48+,49+,50+,51+,52-,53-/m1/s1. The highest BCUT2D eigenvalue weighted by molar-refractivity contribution is 5.76. The van der Waals surface area contributed by atoms with Crippen LogP contribution in [-0.4, -0.2) is 69.7 Å². The van der Waals surface area contributed by atoms with Crippen LogP contribution in [0.5, 0.6) is 0 Å². The number of fused-ring (bicyclic) bond motifs is 10. The van der Waals surface area contributed by atoms with E-state index in [1.807, 2.05) is 0 Å². The molecule has 0 spiro atoms. The fourth-order valence-electron chi connectivity index (χ4n) is 18.5. The van der Waals surface area contributed by atoms with Gasteiger partial charge in [0.05, 0.1) is 24.4 Å². The second-order valence-corrected chi connectivity index (χ2v) is 24.7. The van der Waals surface area contributed by atoms with Crippen LogP contribution in [0.4, 0.5) is 0 Å². The van der Waals surface area contributed by atoms with Gasteiger partial charge >= 0.3 is 0 Å². The van der Waals surface area contributed by atoms with Crippen LogP contribution in [0.1, 0.15) is 189 Å². The summed E-state index contributed by atoms with van der Waals surface area (Å²) < 4.78 is 0. The van der Waals surface area contributed by atoms with Gasteiger partial charge < -0.3 is 31.1 Å². The smallest absolute Gasteiger partial charge is 0.220 e. The van der Waals surface area contributed by atoms with E-state index in [0.717, 1.165) is 83.5 Å². The van der Waals surface area contributed by atoms with Gasteiger partial charge in [0.2, 0.25) is 11.8 Å². The Hall–Kier alpha value is -1.22. The highest BCUT2D eigenvalue weighted by atomic mass is 16.3. The first-order chi connectivity index (χ1) is 29.0. The summed E-state index contributed by atoms with van der Waals surface area (Å²) in [7, 11) is 0. The van der Waals surface area contributed by atoms with Crippen molar-refractivity contribution in [2.24, 2.45) is 92.7 Å². The highest BCUT2D eigenvalue weighted by Crippen LogP contribution is 2.70. The third kappa shape index (κ3) is 8.56. The Morgan fingerprint density at radius 2 is 0.885 bits per heavy atom. The van der Waals surface area contributed by atoms with Crippen molar-refractivity contribution in [3.8, 4) is 0 Å². The Morgan fingerprint density at radius 3 is 1.30 bits per heavy atom. The largest absolute Gasteiger partial charge is 0.393 e. The molecule has 61 heavy (non-hydrogen) atoms. The average Bonchev–Trinajstić information content (AvgIpc) is 3.76. The molecule has 0 aromatic heterocycles. The van der Waals surface area contributed by atoms with E-state index in [4.69, 9.17) is 0 Å². The van der Waals surface area contributed by atoms with E-state index in [1.165, 1.54) is 51.4 Å². The third-order valence-corrected chi connectivity index (χ3v) is 22.0. The van der Waals surface area contributed by atoms with Gasteiger partial charge in [-0.15, -0.1) is 0 Å². The topological polar surface area (TPSA) is 139 Å². The Labute approximate surface area is 370 Å². The Balaban J connectivity index is 0.696. The van der Waals surface area contributed by atoms with E-state index in [9.17, 15) is 30.0 Å². The van der Waals surface area contributed by atoms with Gasteiger partial charge in [-0.25, -0.2) is 0 Å². The molecule has 8 nitrogen and oxygen atoms in total. The molecule has 8 saturated carbocycles. The molecule has 8 aliphatic carbocycles. The van der Waals surface area contributed by atoms with E-state index >= 15 is 0 Å². The number of hydrogen-bond acceptors (Lipinski definition) is 6. The van der Waals surface area contributed by atoms with Crippen LogP contribution in [0.15, 0.2) is 0 Å². The number of aliphatic hydroxyl groups excluding tert-OH is 4. The van der Waals surface area contributed by atoms with E-state index in [-0.39, 0.29) is 57.9 Å². The van der Waals surface area contributed by atoms with Gasteiger partial charge in [-0.2, -0.15) is 0 Å². The van der Waals surface area contributed by atoms with Gasteiger partial charge in [-0.1, -0.05) is 41.5 Å².